The number of ketones is 1. The molecule has 1 aliphatic carbocycles. The van der Waals surface area contributed by atoms with E-state index in [9.17, 15) is 19.2 Å². The van der Waals surface area contributed by atoms with E-state index in [1.165, 1.54) is 44.6 Å². The van der Waals surface area contributed by atoms with Crippen molar-refractivity contribution < 1.29 is 43.0 Å². The number of Topliss-reactive ketones (excluding diaryl/α,β-unsaturated/α-hetero) is 1. The van der Waals surface area contributed by atoms with Gasteiger partial charge in [-0.3, -0.25) is 19.3 Å². The first kappa shape index (κ1) is 26.2. The van der Waals surface area contributed by atoms with Crippen LogP contribution in [0, 0.1) is 0 Å². The van der Waals surface area contributed by atoms with E-state index in [0.717, 1.165) is 4.90 Å². The zero-order valence-corrected chi connectivity index (χ0v) is 22.3. The van der Waals surface area contributed by atoms with Gasteiger partial charge in [0.05, 0.1) is 36.6 Å². The molecule has 3 aromatic rings. The van der Waals surface area contributed by atoms with Gasteiger partial charge in [-0.25, -0.2) is 14.7 Å². The van der Waals surface area contributed by atoms with Crippen LogP contribution in [0.4, 0.5) is 5.69 Å². The molecule has 0 saturated heterocycles. The second kappa shape index (κ2) is 9.88. The molecule has 0 N–H and O–H groups in total. The summed E-state index contributed by atoms with van der Waals surface area (Å²) < 4.78 is 22.5. The van der Waals surface area contributed by atoms with Crippen LogP contribution in [0.25, 0.3) is 0 Å². The molecule has 3 aromatic carbocycles. The average Bonchev–Trinajstić information content (AvgIpc) is 3.11. The summed E-state index contributed by atoms with van der Waals surface area (Å²) in [7, 11) is 4.06. The van der Waals surface area contributed by atoms with Crippen molar-refractivity contribution in [3.63, 3.8) is 0 Å². The predicted molar refractivity (Wildman–Crippen MR) is 143 cm³/mol. The minimum atomic E-state index is -1.89. The van der Waals surface area contributed by atoms with Gasteiger partial charge in [-0.2, -0.15) is 0 Å². The van der Waals surface area contributed by atoms with Crippen LogP contribution >= 0.6 is 0 Å². The third-order valence-electron chi connectivity index (χ3n) is 7.20. The number of carbonyl (C=O) groups excluding carboxylic acids is 4. The summed E-state index contributed by atoms with van der Waals surface area (Å²) in [5.74, 6) is -4.86. The molecule has 7 rings (SSSR count). The maximum absolute atomic E-state index is 14.2. The van der Waals surface area contributed by atoms with Gasteiger partial charge in [-0.15, -0.1) is 0 Å². The van der Waals surface area contributed by atoms with Gasteiger partial charge in [0.1, 0.15) is 12.6 Å². The normalized spacial score (nSPS) is 20.6. The number of hydroxylamine groups is 1. The molecule has 0 saturated carbocycles. The molecule has 11 nitrogen and oxygen atoms in total. The number of amides is 2. The molecule has 3 aliphatic heterocycles. The first-order valence-electron chi connectivity index (χ1n) is 12.6. The molecule has 2 bridgehead atoms. The molecule has 2 amide bonds. The van der Waals surface area contributed by atoms with Crippen LogP contribution in [-0.2, 0) is 14.4 Å². The second-order valence-electron chi connectivity index (χ2n) is 9.38. The number of imide groups is 1. The lowest BCUT2D eigenvalue weighted by Crippen LogP contribution is -2.48. The van der Waals surface area contributed by atoms with E-state index in [4.69, 9.17) is 23.8 Å². The Morgan fingerprint density at radius 2 is 1.56 bits per heavy atom. The number of methoxy groups -OCH3 is 3. The van der Waals surface area contributed by atoms with Gasteiger partial charge < -0.3 is 18.9 Å². The number of rotatable bonds is 7. The maximum atomic E-state index is 14.2. The summed E-state index contributed by atoms with van der Waals surface area (Å²) in [5, 5.41) is 1.53. The Morgan fingerprint density at radius 1 is 0.902 bits per heavy atom. The van der Waals surface area contributed by atoms with Gasteiger partial charge in [0.25, 0.3) is 17.6 Å². The standard InChI is InChI=1S/C30H24N2O9/c1-37-22-15-20-21-13-14-30(39-3,41-32(21)17-9-5-4-6-10-17)27(34)24(20)26(25(22)38-2)40-23(33)16-31-28(35)18-11-7-8-12-19(18)29(31)36/h4-15,21H,16H2,1-3H3/t21-,30+/m1/s1. The summed E-state index contributed by atoms with van der Waals surface area (Å²) in [4.78, 5) is 60.1. The number of esters is 1. The summed E-state index contributed by atoms with van der Waals surface area (Å²) in [5.41, 5.74) is 1.39. The molecule has 0 radical (unpaired) electrons. The van der Waals surface area contributed by atoms with E-state index in [1.54, 1.807) is 24.3 Å². The largest absolute Gasteiger partial charge is 0.493 e. The van der Waals surface area contributed by atoms with Crippen LogP contribution in [-0.4, -0.2) is 62.1 Å². The Kier molecular flexibility index (Phi) is 6.32. The molecule has 41 heavy (non-hydrogen) atoms. The molecular weight excluding hydrogens is 532 g/mol. The highest BCUT2D eigenvalue weighted by Crippen LogP contribution is 2.51. The van der Waals surface area contributed by atoms with Crippen molar-refractivity contribution >= 4 is 29.3 Å². The lowest BCUT2D eigenvalue weighted by molar-refractivity contribution is -0.169. The van der Waals surface area contributed by atoms with Gasteiger partial charge in [0, 0.05) is 7.11 Å². The van der Waals surface area contributed by atoms with Crippen molar-refractivity contribution in [3.8, 4) is 17.2 Å². The highest BCUT2D eigenvalue weighted by molar-refractivity contribution is 6.22. The molecule has 0 aromatic heterocycles. The lowest BCUT2D eigenvalue weighted by atomic mass is 9.95. The fraction of sp³-hybridized carbons (Fsp3) is 0.200. The number of ether oxygens (including phenoxy) is 4. The van der Waals surface area contributed by atoms with Gasteiger partial charge in [0.15, 0.2) is 11.5 Å². The van der Waals surface area contributed by atoms with Gasteiger partial charge in [0.2, 0.25) is 11.5 Å². The molecule has 11 heteroatoms. The molecule has 3 heterocycles. The monoisotopic (exact) mass is 556 g/mol. The van der Waals surface area contributed by atoms with E-state index in [-0.39, 0.29) is 33.9 Å². The Bertz CT molecular complexity index is 1600. The molecule has 4 aliphatic rings. The molecule has 0 unspecified atom stereocenters. The Labute approximate surface area is 234 Å². The van der Waals surface area contributed by atoms with Crippen LogP contribution in [0.3, 0.4) is 0 Å². The van der Waals surface area contributed by atoms with Crippen molar-refractivity contribution in [1.29, 1.82) is 0 Å². The molecule has 208 valence electrons. The fourth-order valence-electron chi connectivity index (χ4n) is 5.24. The fourth-order valence-corrected chi connectivity index (χ4v) is 5.24. The topological polar surface area (TPSA) is 121 Å². The molecule has 2 atom stereocenters. The van der Waals surface area contributed by atoms with Gasteiger partial charge in [-0.1, -0.05) is 36.4 Å². The van der Waals surface area contributed by atoms with Gasteiger partial charge >= 0.3 is 5.97 Å². The van der Waals surface area contributed by atoms with E-state index in [1.807, 2.05) is 30.3 Å². The first-order chi connectivity index (χ1) is 19.8. The molecule has 0 fully saturated rings. The molecule has 0 spiro atoms. The zero-order valence-electron chi connectivity index (χ0n) is 22.3. The third-order valence-corrected chi connectivity index (χ3v) is 7.20. The smallest absolute Gasteiger partial charge is 0.331 e. The Balaban J connectivity index is 1.44. The number of hydrogen-bond donors (Lipinski definition) is 0. The van der Waals surface area contributed by atoms with Crippen LogP contribution in [0.1, 0.15) is 42.7 Å². The van der Waals surface area contributed by atoms with E-state index in [0.29, 0.717) is 11.3 Å². The summed E-state index contributed by atoms with van der Waals surface area (Å²) in [6, 6.07) is 16.3. The van der Waals surface area contributed by atoms with Crippen molar-refractivity contribution in [2.75, 3.05) is 32.9 Å². The summed E-state index contributed by atoms with van der Waals surface area (Å²) >= 11 is 0. The number of carbonyl (C=O) groups is 4. The quantitative estimate of drug-likeness (QED) is 0.185. The first-order valence-corrected chi connectivity index (χ1v) is 12.6. The van der Waals surface area contributed by atoms with Crippen LogP contribution in [0.2, 0.25) is 0 Å². The number of nitrogens with zero attached hydrogens (tertiary/aromatic N) is 2. The van der Waals surface area contributed by atoms with Crippen molar-refractivity contribution in [2.24, 2.45) is 0 Å². The highest BCUT2D eigenvalue weighted by Gasteiger charge is 2.52. The number of fused-ring (bicyclic) bond motifs is 2. The van der Waals surface area contributed by atoms with Crippen molar-refractivity contribution in [2.45, 2.75) is 11.8 Å². The minimum Gasteiger partial charge on any atom is -0.493 e. The number of anilines is 1. The van der Waals surface area contributed by atoms with Crippen LogP contribution in [0.5, 0.6) is 17.2 Å². The summed E-state index contributed by atoms with van der Waals surface area (Å²) in [6.07, 6.45) is 3.25. The third kappa shape index (κ3) is 3.97. The van der Waals surface area contributed by atoms with E-state index in [2.05, 4.69) is 0 Å². The minimum absolute atomic E-state index is 0.0332. The maximum Gasteiger partial charge on any atom is 0.331 e. The van der Waals surface area contributed by atoms with E-state index >= 15 is 0 Å². The summed E-state index contributed by atoms with van der Waals surface area (Å²) in [6.45, 7) is -0.695. The van der Waals surface area contributed by atoms with E-state index < -0.39 is 41.9 Å². The van der Waals surface area contributed by atoms with Gasteiger partial charge in [-0.05, 0) is 42.0 Å². The average molecular weight is 557 g/mol. The predicted octanol–water partition coefficient (Wildman–Crippen LogP) is 3.49. The Morgan fingerprint density at radius 3 is 2.17 bits per heavy atom. The van der Waals surface area contributed by atoms with Crippen molar-refractivity contribution in [3.05, 3.63) is 95.1 Å². The van der Waals surface area contributed by atoms with Crippen LogP contribution < -0.4 is 19.3 Å². The number of para-hydroxylation sites is 1. The van der Waals surface area contributed by atoms with Crippen LogP contribution in [0.15, 0.2) is 72.8 Å². The SMILES string of the molecule is COc1cc2c(c(OC(=O)CN3C(=O)c4ccccc4C3=O)c1OC)C(=O)[C@]1(OC)C=C[C@H]2N(c2ccccc2)O1. The number of benzene rings is 3. The molecular formula is C30H24N2O9. The van der Waals surface area contributed by atoms with Crippen molar-refractivity contribution in [1.82, 2.24) is 4.90 Å². The lowest BCUT2D eigenvalue weighted by Gasteiger charge is -2.38. The number of hydrogen-bond acceptors (Lipinski definition) is 10. The second-order valence-corrected chi connectivity index (χ2v) is 9.38. The zero-order chi connectivity index (χ0) is 28.9. The highest BCUT2D eigenvalue weighted by atomic mass is 16.8. The Hall–Kier alpha value is -5.00.